The van der Waals surface area contributed by atoms with Crippen molar-refractivity contribution in [3.05, 3.63) is 64.9 Å². The van der Waals surface area contributed by atoms with Crippen molar-refractivity contribution in [1.29, 1.82) is 0 Å². The van der Waals surface area contributed by atoms with Crippen LogP contribution in [0.4, 0.5) is 4.39 Å². The number of ether oxygens (including phenoxy) is 1. The number of hydrogen-bond donors (Lipinski definition) is 0. The summed E-state index contributed by atoms with van der Waals surface area (Å²) in [6.45, 7) is 4.13. The SMILES string of the molecule is CN1CCN(C(=O)C[C@H]2CN(C(=O)Cc3cccc(Cl)c3)CC[C@@H]2Oc2ccc(F)cc2)CC1. The molecule has 6 nitrogen and oxygen atoms in total. The summed E-state index contributed by atoms with van der Waals surface area (Å²) in [7, 11) is 2.05. The number of rotatable bonds is 6. The molecule has 0 unspecified atom stereocenters. The van der Waals surface area contributed by atoms with Crippen LogP contribution < -0.4 is 4.74 Å². The van der Waals surface area contributed by atoms with E-state index in [0.29, 0.717) is 49.8 Å². The van der Waals surface area contributed by atoms with E-state index in [-0.39, 0.29) is 36.1 Å². The highest BCUT2D eigenvalue weighted by Crippen LogP contribution is 2.27. The predicted molar refractivity (Wildman–Crippen MR) is 129 cm³/mol. The Morgan fingerprint density at radius 3 is 2.44 bits per heavy atom. The molecule has 2 aromatic carbocycles. The molecule has 182 valence electrons. The lowest BCUT2D eigenvalue weighted by Crippen LogP contribution is -2.51. The average Bonchev–Trinajstić information content (AvgIpc) is 2.82. The zero-order chi connectivity index (χ0) is 24.1. The van der Waals surface area contributed by atoms with E-state index in [2.05, 4.69) is 11.9 Å². The highest BCUT2D eigenvalue weighted by Gasteiger charge is 2.35. The second-order valence-electron chi connectivity index (χ2n) is 9.19. The fraction of sp³-hybridized carbons (Fsp3) is 0.462. The predicted octanol–water partition coefficient (Wildman–Crippen LogP) is 3.48. The molecule has 2 aliphatic heterocycles. The Kier molecular flexibility index (Phi) is 8.06. The number of piperazine rings is 1. The molecular formula is C26H31ClFN3O3. The van der Waals surface area contributed by atoms with Crippen molar-refractivity contribution in [2.75, 3.05) is 46.3 Å². The van der Waals surface area contributed by atoms with Crippen molar-refractivity contribution >= 4 is 23.4 Å². The van der Waals surface area contributed by atoms with Gasteiger partial charge >= 0.3 is 0 Å². The lowest BCUT2D eigenvalue weighted by atomic mass is 9.90. The third-order valence-corrected chi connectivity index (χ3v) is 6.89. The topological polar surface area (TPSA) is 53.1 Å². The average molecular weight is 488 g/mol. The summed E-state index contributed by atoms with van der Waals surface area (Å²) in [4.78, 5) is 32.1. The highest BCUT2D eigenvalue weighted by molar-refractivity contribution is 6.30. The van der Waals surface area contributed by atoms with Crippen molar-refractivity contribution < 1.29 is 18.7 Å². The van der Waals surface area contributed by atoms with Gasteiger partial charge in [-0.1, -0.05) is 23.7 Å². The van der Waals surface area contributed by atoms with E-state index in [0.717, 1.165) is 18.7 Å². The zero-order valence-electron chi connectivity index (χ0n) is 19.5. The summed E-state index contributed by atoms with van der Waals surface area (Å²) in [6, 6.07) is 13.3. The van der Waals surface area contributed by atoms with Gasteiger partial charge in [0.2, 0.25) is 11.8 Å². The Morgan fingerprint density at radius 2 is 1.74 bits per heavy atom. The largest absolute Gasteiger partial charge is 0.490 e. The van der Waals surface area contributed by atoms with Gasteiger partial charge in [-0.2, -0.15) is 0 Å². The number of likely N-dealkylation sites (tertiary alicyclic amines) is 1. The minimum atomic E-state index is -0.324. The first-order chi connectivity index (χ1) is 16.4. The van der Waals surface area contributed by atoms with Crippen LogP contribution in [-0.4, -0.2) is 78.9 Å². The molecule has 34 heavy (non-hydrogen) atoms. The minimum absolute atomic E-state index is 0.0135. The summed E-state index contributed by atoms with van der Waals surface area (Å²) in [5.74, 6) is 0.210. The molecule has 8 heteroatoms. The maximum absolute atomic E-state index is 13.3. The summed E-state index contributed by atoms with van der Waals surface area (Å²) in [5, 5.41) is 0.604. The van der Waals surface area contributed by atoms with Gasteiger partial charge < -0.3 is 19.4 Å². The quantitative estimate of drug-likeness (QED) is 0.626. The standard InChI is InChI=1S/C26H31ClFN3O3/c1-29-11-13-30(14-12-29)26(33)17-20-18-31(25(32)16-19-3-2-4-21(27)15-19)10-9-24(20)34-23-7-5-22(28)6-8-23/h2-8,15,20,24H,9-14,16-18H2,1H3/t20-,24-/m0/s1. The van der Waals surface area contributed by atoms with Crippen molar-refractivity contribution in [2.45, 2.75) is 25.4 Å². The number of piperidine rings is 1. The maximum Gasteiger partial charge on any atom is 0.227 e. The summed E-state index contributed by atoms with van der Waals surface area (Å²) in [5.41, 5.74) is 0.868. The van der Waals surface area contributed by atoms with Gasteiger partial charge in [-0.3, -0.25) is 9.59 Å². The van der Waals surface area contributed by atoms with Gasteiger partial charge in [0.15, 0.2) is 0 Å². The molecule has 0 bridgehead atoms. The van der Waals surface area contributed by atoms with Gasteiger partial charge in [-0.25, -0.2) is 4.39 Å². The lowest BCUT2D eigenvalue weighted by Gasteiger charge is -2.40. The van der Waals surface area contributed by atoms with Crippen molar-refractivity contribution in [1.82, 2.24) is 14.7 Å². The van der Waals surface area contributed by atoms with E-state index in [9.17, 15) is 14.0 Å². The van der Waals surface area contributed by atoms with Crippen LogP contribution in [0.5, 0.6) is 5.75 Å². The molecule has 0 aliphatic carbocycles. The first-order valence-electron chi connectivity index (χ1n) is 11.8. The number of hydrogen-bond acceptors (Lipinski definition) is 4. The summed E-state index contributed by atoms with van der Waals surface area (Å²) >= 11 is 6.07. The third-order valence-electron chi connectivity index (χ3n) is 6.66. The number of amides is 2. The van der Waals surface area contributed by atoms with Gasteiger partial charge in [0.25, 0.3) is 0 Å². The van der Waals surface area contributed by atoms with E-state index >= 15 is 0 Å². The Morgan fingerprint density at radius 1 is 1.00 bits per heavy atom. The molecule has 2 saturated heterocycles. The van der Waals surface area contributed by atoms with E-state index in [1.165, 1.54) is 12.1 Å². The molecule has 0 radical (unpaired) electrons. The first kappa shape index (κ1) is 24.5. The van der Waals surface area contributed by atoms with Crippen LogP contribution in [0.15, 0.2) is 48.5 Å². The summed E-state index contributed by atoms with van der Waals surface area (Å²) in [6.07, 6.45) is 0.969. The van der Waals surface area contributed by atoms with Crippen LogP contribution in [0.1, 0.15) is 18.4 Å². The Balaban J connectivity index is 1.44. The molecule has 4 rings (SSSR count). The lowest BCUT2D eigenvalue weighted by molar-refractivity contribution is -0.139. The molecule has 2 aromatic rings. The zero-order valence-corrected chi connectivity index (χ0v) is 20.2. The molecular weight excluding hydrogens is 457 g/mol. The maximum atomic E-state index is 13.3. The number of carbonyl (C=O) groups excluding carboxylic acids is 2. The number of likely N-dealkylation sites (N-methyl/N-ethyl adjacent to an activating group) is 1. The van der Waals surface area contributed by atoms with Gasteiger partial charge in [-0.05, 0) is 49.0 Å². The second kappa shape index (κ2) is 11.2. The molecule has 0 saturated carbocycles. The van der Waals surface area contributed by atoms with Gasteiger partial charge in [0.05, 0.1) is 6.42 Å². The molecule has 0 N–H and O–H groups in total. The Bertz CT molecular complexity index is 995. The minimum Gasteiger partial charge on any atom is -0.490 e. The fourth-order valence-electron chi connectivity index (χ4n) is 4.62. The van der Waals surface area contributed by atoms with E-state index in [1.807, 2.05) is 21.9 Å². The van der Waals surface area contributed by atoms with Crippen molar-refractivity contribution in [3.63, 3.8) is 0 Å². The molecule has 0 aromatic heterocycles. The van der Waals surface area contributed by atoms with Crippen LogP contribution in [-0.2, 0) is 16.0 Å². The van der Waals surface area contributed by atoms with Crippen LogP contribution in [0.2, 0.25) is 5.02 Å². The fourth-order valence-corrected chi connectivity index (χ4v) is 4.83. The number of nitrogens with zero attached hydrogens (tertiary/aromatic N) is 3. The van der Waals surface area contributed by atoms with Gasteiger partial charge in [0, 0.05) is 63.1 Å². The number of benzene rings is 2. The normalized spacial score (nSPS) is 21.4. The van der Waals surface area contributed by atoms with E-state index in [1.54, 1.807) is 24.3 Å². The molecule has 2 amide bonds. The van der Waals surface area contributed by atoms with E-state index in [4.69, 9.17) is 16.3 Å². The first-order valence-corrected chi connectivity index (χ1v) is 12.2. The monoisotopic (exact) mass is 487 g/mol. The van der Waals surface area contributed by atoms with Gasteiger partial charge in [0.1, 0.15) is 17.7 Å². The molecule has 0 spiro atoms. The Hall–Kier alpha value is -2.64. The van der Waals surface area contributed by atoms with Crippen LogP contribution in [0, 0.1) is 11.7 Å². The van der Waals surface area contributed by atoms with Crippen LogP contribution >= 0.6 is 11.6 Å². The van der Waals surface area contributed by atoms with Crippen LogP contribution in [0.3, 0.4) is 0 Å². The number of halogens is 2. The molecule has 2 fully saturated rings. The molecule has 2 heterocycles. The Labute approximate surface area is 205 Å². The number of carbonyl (C=O) groups is 2. The van der Waals surface area contributed by atoms with Crippen molar-refractivity contribution in [3.8, 4) is 5.75 Å². The molecule has 2 aliphatic rings. The van der Waals surface area contributed by atoms with Crippen LogP contribution in [0.25, 0.3) is 0 Å². The highest BCUT2D eigenvalue weighted by atomic mass is 35.5. The third kappa shape index (κ3) is 6.48. The van der Waals surface area contributed by atoms with Crippen molar-refractivity contribution in [2.24, 2.45) is 5.92 Å². The van der Waals surface area contributed by atoms with E-state index < -0.39 is 0 Å². The molecule has 2 atom stereocenters. The summed E-state index contributed by atoms with van der Waals surface area (Å²) < 4.78 is 19.5. The second-order valence-corrected chi connectivity index (χ2v) is 9.63. The van der Waals surface area contributed by atoms with Gasteiger partial charge in [-0.15, -0.1) is 0 Å². The smallest absolute Gasteiger partial charge is 0.227 e.